The van der Waals surface area contributed by atoms with Crippen molar-refractivity contribution in [1.82, 2.24) is 14.5 Å². The van der Waals surface area contributed by atoms with Crippen molar-refractivity contribution in [3.8, 4) is 0 Å². The van der Waals surface area contributed by atoms with E-state index in [2.05, 4.69) is 15.3 Å². The number of hydrogen-bond acceptors (Lipinski definition) is 4. The minimum absolute atomic E-state index is 0.0381. The molecule has 5 heteroatoms. The summed E-state index contributed by atoms with van der Waals surface area (Å²) in [4.78, 5) is 20.2. The summed E-state index contributed by atoms with van der Waals surface area (Å²) in [5, 5.41) is 3.07. The van der Waals surface area contributed by atoms with Gasteiger partial charge in [-0.05, 0) is 24.5 Å². The van der Waals surface area contributed by atoms with E-state index in [9.17, 15) is 4.79 Å². The Morgan fingerprint density at radius 1 is 1.39 bits per heavy atom. The number of rotatable bonds is 4. The van der Waals surface area contributed by atoms with Crippen LogP contribution in [0.1, 0.15) is 24.4 Å². The normalized spacial score (nSPS) is 14.4. The van der Waals surface area contributed by atoms with Gasteiger partial charge in [-0.15, -0.1) is 0 Å². The van der Waals surface area contributed by atoms with Crippen molar-refractivity contribution in [2.45, 2.75) is 25.4 Å². The third-order valence-electron chi connectivity index (χ3n) is 2.99. The first-order chi connectivity index (χ1) is 8.84. The molecule has 0 aliphatic heterocycles. The molecule has 92 valence electrons. The third-order valence-corrected chi connectivity index (χ3v) is 2.99. The van der Waals surface area contributed by atoms with Crippen molar-refractivity contribution >= 4 is 5.82 Å². The van der Waals surface area contributed by atoms with E-state index < -0.39 is 0 Å². The number of nitrogens with zero attached hydrogens (tertiary/aromatic N) is 3. The summed E-state index contributed by atoms with van der Waals surface area (Å²) in [6, 6.07) is 4.21. The van der Waals surface area contributed by atoms with Gasteiger partial charge in [0.05, 0.1) is 0 Å². The molecule has 3 rings (SSSR count). The monoisotopic (exact) mass is 242 g/mol. The van der Waals surface area contributed by atoms with Gasteiger partial charge < -0.3 is 9.88 Å². The minimum Gasteiger partial charge on any atom is -0.361 e. The van der Waals surface area contributed by atoms with Crippen LogP contribution in [-0.2, 0) is 6.54 Å². The Kier molecular flexibility index (Phi) is 2.80. The van der Waals surface area contributed by atoms with E-state index in [1.807, 2.05) is 12.1 Å². The number of hydrogen-bond donors (Lipinski definition) is 1. The van der Waals surface area contributed by atoms with Gasteiger partial charge in [0, 0.05) is 37.4 Å². The quantitative estimate of drug-likeness (QED) is 0.884. The molecule has 2 aromatic heterocycles. The third kappa shape index (κ3) is 2.25. The maximum absolute atomic E-state index is 12.1. The van der Waals surface area contributed by atoms with Crippen LogP contribution in [0.3, 0.4) is 0 Å². The molecule has 0 unspecified atom stereocenters. The van der Waals surface area contributed by atoms with Crippen molar-refractivity contribution < 1.29 is 0 Å². The second-order valence-electron chi connectivity index (χ2n) is 4.43. The fourth-order valence-corrected chi connectivity index (χ4v) is 1.87. The second kappa shape index (κ2) is 4.60. The standard InChI is InChI=1S/C13H14N4O/c18-13-12(15-6-7-17(13)11-3-4-11)16-9-10-2-1-5-14-8-10/h1-2,5-8,11H,3-4,9H2,(H,15,16). The molecular formula is C13H14N4O. The van der Waals surface area contributed by atoms with Crippen LogP contribution in [0.2, 0.25) is 0 Å². The molecule has 0 radical (unpaired) electrons. The van der Waals surface area contributed by atoms with Crippen molar-refractivity contribution in [2.75, 3.05) is 5.32 Å². The number of anilines is 1. The Labute approximate surface area is 105 Å². The lowest BCUT2D eigenvalue weighted by molar-refractivity contribution is 0.699. The highest BCUT2D eigenvalue weighted by Crippen LogP contribution is 2.33. The zero-order valence-electron chi connectivity index (χ0n) is 9.91. The Morgan fingerprint density at radius 2 is 2.28 bits per heavy atom. The molecule has 0 aromatic carbocycles. The molecule has 1 fully saturated rings. The molecule has 0 amide bonds. The molecule has 1 saturated carbocycles. The van der Waals surface area contributed by atoms with Gasteiger partial charge in [-0.25, -0.2) is 4.98 Å². The largest absolute Gasteiger partial charge is 0.361 e. The van der Waals surface area contributed by atoms with E-state index in [-0.39, 0.29) is 5.56 Å². The van der Waals surface area contributed by atoms with Crippen LogP contribution in [0.15, 0.2) is 41.7 Å². The molecule has 1 aliphatic rings. The number of nitrogens with one attached hydrogen (secondary N) is 1. The van der Waals surface area contributed by atoms with Gasteiger partial charge in [-0.3, -0.25) is 9.78 Å². The van der Waals surface area contributed by atoms with Crippen LogP contribution in [0, 0.1) is 0 Å². The van der Waals surface area contributed by atoms with Crippen LogP contribution < -0.4 is 10.9 Å². The summed E-state index contributed by atoms with van der Waals surface area (Å²) < 4.78 is 1.76. The van der Waals surface area contributed by atoms with Crippen LogP contribution >= 0.6 is 0 Å². The first-order valence-electron chi connectivity index (χ1n) is 6.04. The zero-order valence-corrected chi connectivity index (χ0v) is 9.91. The maximum atomic E-state index is 12.1. The molecule has 1 aliphatic carbocycles. The summed E-state index contributed by atoms with van der Waals surface area (Å²) in [6.07, 6.45) is 9.11. The number of aromatic nitrogens is 3. The van der Waals surface area contributed by atoms with Gasteiger partial charge in [0.15, 0.2) is 5.82 Å². The first kappa shape index (κ1) is 11.0. The SMILES string of the molecule is O=c1c(NCc2cccnc2)nccn1C1CC1. The van der Waals surface area contributed by atoms with E-state index in [0.29, 0.717) is 18.4 Å². The van der Waals surface area contributed by atoms with Gasteiger partial charge in [0.25, 0.3) is 5.56 Å². The molecule has 2 heterocycles. The summed E-state index contributed by atoms with van der Waals surface area (Å²) in [5.74, 6) is 0.410. The van der Waals surface area contributed by atoms with Gasteiger partial charge in [0.2, 0.25) is 0 Å². The first-order valence-corrected chi connectivity index (χ1v) is 6.04. The molecule has 5 nitrogen and oxygen atoms in total. The van der Waals surface area contributed by atoms with Crippen LogP contribution in [0.5, 0.6) is 0 Å². The molecule has 18 heavy (non-hydrogen) atoms. The van der Waals surface area contributed by atoms with E-state index in [1.165, 1.54) is 0 Å². The van der Waals surface area contributed by atoms with Crippen molar-refractivity contribution in [1.29, 1.82) is 0 Å². The van der Waals surface area contributed by atoms with Crippen LogP contribution in [0.25, 0.3) is 0 Å². The Bertz CT molecular complexity index is 589. The maximum Gasteiger partial charge on any atom is 0.293 e. The minimum atomic E-state index is -0.0381. The summed E-state index contributed by atoms with van der Waals surface area (Å²) in [5.41, 5.74) is 0.990. The molecule has 0 bridgehead atoms. The van der Waals surface area contributed by atoms with E-state index in [4.69, 9.17) is 0 Å². The fraction of sp³-hybridized carbons (Fsp3) is 0.308. The van der Waals surface area contributed by atoms with E-state index >= 15 is 0 Å². The van der Waals surface area contributed by atoms with Gasteiger partial charge in [0.1, 0.15) is 0 Å². The van der Waals surface area contributed by atoms with Gasteiger partial charge >= 0.3 is 0 Å². The lowest BCUT2D eigenvalue weighted by Gasteiger charge is -2.07. The summed E-state index contributed by atoms with van der Waals surface area (Å²) in [7, 11) is 0. The summed E-state index contributed by atoms with van der Waals surface area (Å²) >= 11 is 0. The smallest absolute Gasteiger partial charge is 0.293 e. The second-order valence-corrected chi connectivity index (χ2v) is 4.43. The van der Waals surface area contributed by atoms with E-state index in [1.54, 1.807) is 29.4 Å². The van der Waals surface area contributed by atoms with Crippen molar-refractivity contribution in [3.05, 3.63) is 52.8 Å². The molecule has 0 atom stereocenters. The van der Waals surface area contributed by atoms with Crippen LogP contribution in [-0.4, -0.2) is 14.5 Å². The molecule has 1 N–H and O–H groups in total. The lowest BCUT2D eigenvalue weighted by atomic mass is 10.3. The molecule has 0 spiro atoms. The Morgan fingerprint density at radius 3 is 3.00 bits per heavy atom. The van der Waals surface area contributed by atoms with Crippen molar-refractivity contribution in [2.24, 2.45) is 0 Å². The van der Waals surface area contributed by atoms with Gasteiger partial charge in [-0.1, -0.05) is 6.07 Å². The molecule has 0 saturated heterocycles. The Hall–Kier alpha value is -2.17. The molecular weight excluding hydrogens is 228 g/mol. The predicted octanol–water partition coefficient (Wildman–Crippen LogP) is 1.59. The Balaban J connectivity index is 1.77. The fourth-order valence-electron chi connectivity index (χ4n) is 1.87. The van der Waals surface area contributed by atoms with E-state index in [0.717, 1.165) is 18.4 Å². The van der Waals surface area contributed by atoms with Crippen molar-refractivity contribution in [3.63, 3.8) is 0 Å². The summed E-state index contributed by atoms with van der Waals surface area (Å²) in [6.45, 7) is 0.560. The number of pyridine rings is 1. The highest BCUT2D eigenvalue weighted by Gasteiger charge is 2.25. The molecule has 2 aromatic rings. The highest BCUT2D eigenvalue weighted by molar-refractivity contribution is 5.32. The highest BCUT2D eigenvalue weighted by atomic mass is 16.1. The predicted molar refractivity (Wildman–Crippen MR) is 68.3 cm³/mol. The lowest BCUT2D eigenvalue weighted by Crippen LogP contribution is -2.23. The van der Waals surface area contributed by atoms with Crippen LogP contribution in [0.4, 0.5) is 5.82 Å². The van der Waals surface area contributed by atoms with Gasteiger partial charge in [-0.2, -0.15) is 0 Å². The average molecular weight is 242 g/mol. The topological polar surface area (TPSA) is 59.8 Å². The average Bonchev–Trinajstić information content (AvgIpc) is 3.23. The zero-order chi connectivity index (χ0) is 12.4.